The molecule has 0 unspecified atom stereocenters. The van der Waals surface area contributed by atoms with Gasteiger partial charge in [-0.1, -0.05) is 6.07 Å². The van der Waals surface area contributed by atoms with Crippen molar-refractivity contribution < 1.29 is 5.11 Å². The van der Waals surface area contributed by atoms with Crippen LogP contribution in [0, 0.1) is 0 Å². The van der Waals surface area contributed by atoms with Gasteiger partial charge >= 0.3 is 0 Å². The van der Waals surface area contributed by atoms with Gasteiger partial charge in [0, 0.05) is 14.1 Å². The number of hydrogen-bond donors (Lipinski definition) is 1. The fourth-order valence-electron chi connectivity index (χ4n) is 0.804. The van der Waals surface area contributed by atoms with Crippen LogP contribution in [-0.2, 0) is 6.61 Å². The van der Waals surface area contributed by atoms with Crippen LogP contribution in [0.1, 0.15) is 5.69 Å². The zero-order valence-corrected chi connectivity index (χ0v) is 6.78. The molecule has 0 atom stereocenters. The molecule has 0 fully saturated rings. The Morgan fingerprint density at radius 2 is 2.18 bits per heavy atom. The molecule has 11 heavy (non-hydrogen) atoms. The first-order chi connectivity index (χ1) is 5.24. The minimum absolute atomic E-state index is 0.00167. The van der Waals surface area contributed by atoms with Gasteiger partial charge in [0.25, 0.3) is 0 Å². The smallest absolute Gasteiger partial charge is 0.128 e. The second-order valence-corrected chi connectivity index (χ2v) is 2.54. The van der Waals surface area contributed by atoms with Gasteiger partial charge in [0.1, 0.15) is 5.82 Å². The second kappa shape index (κ2) is 3.34. The molecule has 60 valence electrons. The highest BCUT2D eigenvalue weighted by atomic mass is 16.3. The van der Waals surface area contributed by atoms with Crippen molar-refractivity contribution in [1.82, 2.24) is 4.98 Å². The fourth-order valence-corrected chi connectivity index (χ4v) is 0.804. The first-order valence-electron chi connectivity index (χ1n) is 3.48. The Morgan fingerprint density at radius 3 is 2.73 bits per heavy atom. The quantitative estimate of drug-likeness (QED) is 0.675. The largest absolute Gasteiger partial charge is 0.390 e. The van der Waals surface area contributed by atoms with Crippen molar-refractivity contribution in [3.05, 3.63) is 23.9 Å². The molecule has 0 aliphatic heterocycles. The predicted octanol–water partition coefficient (Wildman–Crippen LogP) is 0.640. The van der Waals surface area contributed by atoms with Crippen LogP contribution >= 0.6 is 0 Å². The summed E-state index contributed by atoms with van der Waals surface area (Å²) in [6.45, 7) is 0.00167. The Hall–Kier alpha value is -1.09. The van der Waals surface area contributed by atoms with E-state index in [4.69, 9.17) is 5.11 Å². The van der Waals surface area contributed by atoms with Crippen LogP contribution in [-0.4, -0.2) is 24.2 Å². The zero-order chi connectivity index (χ0) is 8.27. The van der Waals surface area contributed by atoms with Gasteiger partial charge in [-0.15, -0.1) is 0 Å². The summed E-state index contributed by atoms with van der Waals surface area (Å²) in [6.07, 6.45) is 0. The summed E-state index contributed by atoms with van der Waals surface area (Å²) in [5, 5.41) is 8.76. The Balaban J connectivity index is 2.91. The molecular weight excluding hydrogens is 140 g/mol. The molecule has 0 amide bonds. The number of anilines is 1. The summed E-state index contributed by atoms with van der Waals surface area (Å²) in [5.74, 6) is 0.872. The summed E-state index contributed by atoms with van der Waals surface area (Å²) in [5.41, 5.74) is 0.705. The maximum Gasteiger partial charge on any atom is 0.128 e. The normalized spacial score (nSPS) is 9.73. The Bertz CT molecular complexity index is 235. The van der Waals surface area contributed by atoms with Crippen molar-refractivity contribution >= 4 is 5.82 Å². The molecule has 1 aromatic heterocycles. The van der Waals surface area contributed by atoms with E-state index < -0.39 is 0 Å². The van der Waals surface area contributed by atoms with E-state index in [2.05, 4.69) is 4.98 Å². The highest BCUT2D eigenvalue weighted by Gasteiger charge is 1.96. The van der Waals surface area contributed by atoms with Gasteiger partial charge < -0.3 is 10.0 Å². The first kappa shape index (κ1) is 8.01. The molecule has 3 nitrogen and oxygen atoms in total. The summed E-state index contributed by atoms with van der Waals surface area (Å²) >= 11 is 0. The standard InChI is InChI=1S/C8H12N2O/c1-10(2)8-5-3-4-7(6-11)9-8/h3-5,11H,6H2,1-2H3. The number of rotatable bonds is 2. The summed E-state index contributed by atoms with van der Waals surface area (Å²) in [6, 6.07) is 5.58. The van der Waals surface area contributed by atoms with Crippen LogP contribution in [0.2, 0.25) is 0 Å². The second-order valence-electron chi connectivity index (χ2n) is 2.54. The van der Waals surface area contributed by atoms with Crippen molar-refractivity contribution in [1.29, 1.82) is 0 Å². The summed E-state index contributed by atoms with van der Waals surface area (Å²) in [7, 11) is 3.84. The van der Waals surface area contributed by atoms with E-state index in [1.807, 2.05) is 31.1 Å². The molecule has 0 radical (unpaired) electrons. The van der Waals surface area contributed by atoms with E-state index in [-0.39, 0.29) is 6.61 Å². The van der Waals surface area contributed by atoms with Crippen LogP contribution in [0.5, 0.6) is 0 Å². The molecule has 1 aromatic rings. The third kappa shape index (κ3) is 1.91. The van der Waals surface area contributed by atoms with Gasteiger partial charge in [-0.3, -0.25) is 0 Å². The third-order valence-corrected chi connectivity index (χ3v) is 1.41. The Kier molecular flexibility index (Phi) is 2.44. The Labute approximate surface area is 66.3 Å². The average Bonchev–Trinajstić information content (AvgIpc) is 2.05. The number of hydrogen-bond acceptors (Lipinski definition) is 3. The Morgan fingerprint density at radius 1 is 1.45 bits per heavy atom. The molecule has 0 saturated carbocycles. The summed E-state index contributed by atoms with van der Waals surface area (Å²) in [4.78, 5) is 6.07. The van der Waals surface area contributed by atoms with Gasteiger partial charge in [-0.25, -0.2) is 4.98 Å². The molecule has 0 saturated heterocycles. The lowest BCUT2D eigenvalue weighted by Gasteiger charge is -2.10. The van der Waals surface area contributed by atoms with Crippen molar-refractivity contribution in [2.45, 2.75) is 6.61 Å². The lowest BCUT2D eigenvalue weighted by atomic mass is 10.3. The van der Waals surface area contributed by atoms with E-state index in [0.717, 1.165) is 5.82 Å². The van der Waals surface area contributed by atoms with E-state index in [0.29, 0.717) is 5.69 Å². The van der Waals surface area contributed by atoms with Crippen LogP contribution in [0.25, 0.3) is 0 Å². The monoisotopic (exact) mass is 152 g/mol. The van der Waals surface area contributed by atoms with E-state index >= 15 is 0 Å². The number of aliphatic hydroxyl groups excluding tert-OH is 1. The highest BCUT2D eigenvalue weighted by molar-refractivity contribution is 5.36. The maximum absolute atomic E-state index is 8.76. The molecule has 1 heterocycles. The SMILES string of the molecule is CN(C)c1cccc(CO)n1. The number of nitrogens with zero attached hydrogens (tertiary/aromatic N) is 2. The number of aromatic nitrogens is 1. The van der Waals surface area contributed by atoms with Crippen LogP contribution < -0.4 is 4.90 Å². The van der Waals surface area contributed by atoms with Gasteiger partial charge in [-0.2, -0.15) is 0 Å². The van der Waals surface area contributed by atoms with Crippen molar-refractivity contribution in [2.75, 3.05) is 19.0 Å². The van der Waals surface area contributed by atoms with Gasteiger partial charge in [0.15, 0.2) is 0 Å². The first-order valence-corrected chi connectivity index (χ1v) is 3.48. The van der Waals surface area contributed by atoms with Crippen LogP contribution in [0.3, 0.4) is 0 Å². The van der Waals surface area contributed by atoms with Crippen molar-refractivity contribution in [2.24, 2.45) is 0 Å². The highest BCUT2D eigenvalue weighted by Crippen LogP contribution is 2.06. The maximum atomic E-state index is 8.76. The molecule has 0 aliphatic rings. The molecule has 0 aliphatic carbocycles. The molecule has 0 aromatic carbocycles. The molecule has 1 N–H and O–H groups in total. The fraction of sp³-hybridized carbons (Fsp3) is 0.375. The van der Waals surface area contributed by atoms with Crippen molar-refractivity contribution in [3.8, 4) is 0 Å². The number of pyridine rings is 1. The summed E-state index contributed by atoms with van der Waals surface area (Å²) < 4.78 is 0. The minimum atomic E-state index is 0.00167. The average molecular weight is 152 g/mol. The molecule has 1 rings (SSSR count). The topological polar surface area (TPSA) is 36.4 Å². The predicted molar refractivity (Wildman–Crippen MR) is 44.5 cm³/mol. The minimum Gasteiger partial charge on any atom is -0.390 e. The zero-order valence-electron chi connectivity index (χ0n) is 6.78. The molecule has 0 spiro atoms. The lowest BCUT2D eigenvalue weighted by Crippen LogP contribution is -2.11. The van der Waals surface area contributed by atoms with E-state index in [9.17, 15) is 0 Å². The van der Waals surface area contributed by atoms with Crippen LogP contribution in [0.4, 0.5) is 5.82 Å². The van der Waals surface area contributed by atoms with Gasteiger partial charge in [0.05, 0.1) is 12.3 Å². The third-order valence-electron chi connectivity index (χ3n) is 1.41. The molecular formula is C8H12N2O. The van der Waals surface area contributed by atoms with Gasteiger partial charge in [-0.05, 0) is 12.1 Å². The molecule has 3 heteroatoms. The van der Waals surface area contributed by atoms with Crippen molar-refractivity contribution in [3.63, 3.8) is 0 Å². The van der Waals surface area contributed by atoms with E-state index in [1.165, 1.54) is 0 Å². The lowest BCUT2D eigenvalue weighted by molar-refractivity contribution is 0.277. The number of aliphatic hydroxyl groups is 1. The van der Waals surface area contributed by atoms with E-state index in [1.54, 1.807) is 6.07 Å². The molecule has 0 bridgehead atoms. The van der Waals surface area contributed by atoms with Gasteiger partial charge in [0.2, 0.25) is 0 Å². The van der Waals surface area contributed by atoms with Crippen LogP contribution in [0.15, 0.2) is 18.2 Å².